The van der Waals surface area contributed by atoms with Gasteiger partial charge in [0.1, 0.15) is 5.82 Å². The van der Waals surface area contributed by atoms with Crippen LogP contribution >= 0.6 is 0 Å². The van der Waals surface area contributed by atoms with Crippen LogP contribution in [-0.4, -0.2) is 46.4 Å². The number of hydrogen-bond acceptors (Lipinski definition) is 6. The number of nitrogens with one attached hydrogen (secondary N) is 2. The summed E-state index contributed by atoms with van der Waals surface area (Å²) in [6.45, 7) is 4.15. The van der Waals surface area contributed by atoms with Gasteiger partial charge in [0.05, 0.1) is 17.4 Å². The van der Waals surface area contributed by atoms with Gasteiger partial charge in [0.15, 0.2) is 0 Å². The van der Waals surface area contributed by atoms with E-state index < -0.39 is 0 Å². The van der Waals surface area contributed by atoms with Crippen molar-refractivity contribution in [3.05, 3.63) is 72.1 Å². The van der Waals surface area contributed by atoms with Crippen molar-refractivity contribution < 1.29 is 0 Å². The Kier molecular flexibility index (Phi) is 7.99. The Morgan fingerprint density at radius 1 is 0.946 bits per heavy atom. The van der Waals surface area contributed by atoms with Crippen molar-refractivity contribution in [2.24, 2.45) is 5.92 Å². The second kappa shape index (κ2) is 11.7. The summed E-state index contributed by atoms with van der Waals surface area (Å²) in [5, 5.41) is 13.2. The molecule has 0 bridgehead atoms. The normalized spacial score (nSPS) is 17.7. The van der Waals surface area contributed by atoms with Crippen molar-refractivity contribution in [3.63, 3.8) is 0 Å². The number of hydrogen-bond donors (Lipinski definition) is 2. The first-order valence-corrected chi connectivity index (χ1v) is 13.6. The van der Waals surface area contributed by atoms with E-state index in [-0.39, 0.29) is 0 Å². The molecule has 0 radical (unpaired) electrons. The third-order valence-corrected chi connectivity index (χ3v) is 7.38. The van der Waals surface area contributed by atoms with Gasteiger partial charge in [-0.2, -0.15) is 10.1 Å². The average Bonchev–Trinajstić information content (AvgIpc) is 3.32. The third-order valence-electron chi connectivity index (χ3n) is 7.38. The molecule has 0 amide bonds. The van der Waals surface area contributed by atoms with E-state index >= 15 is 0 Å². The Bertz CT molecular complexity index is 1290. The van der Waals surface area contributed by atoms with E-state index in [1.165, 1.54) is 24.1 Å². The molecule has 1 aliphatic carbocycles. The Labute approximate surface area is 220 Å². The van der Waals surface area contributed by atoms with Crippen LogP contribution in [-0.2, 0) is 13.0 Å². The fourth-order valence-electron chi connectivity index (χ4n) is 5.42. The van der Waals surface area contributed by atoms with Crippen LogP contribution in [0, 0.1) is 5.92 Å². The molecule has 0 atom stereocenters. The van der Waals surface area contributed by atoms with E-state index in [0.717, 1.165) is 67.1 Å². The van der Waals surface area contributed by atoms with E-state index in [0.29, 0.717) is 12.0 Å². The summed E-state index contributed by atoms with van der Waals surface area (Å²) in [4.78, 5) is 11.7. The van der Waals surface area contributed by atoms with Crippen molar-refractivity contribution in [1.82, 2.24) is 25.1 Å². The van der Waals surface area contributed by atoms with Gasteiger partial charge in [-0.15, -0.1) is 0 Å². The highest BCUT2D eigenvalue weighted by Crippen LogP contribution is 2.28. The molecule has 2 heterocycles. The van der Waals surface area contributed by atoms with E-state index in [4.69, 9.17) is 15.1 Å². The van der Waals surface area contributed by atoms with Crippen LogP contribution < -0.4 is 15.5 Å². The monoisotopic (exact) mass is 497 g/mol. The Morgan fingerprint density at radius 3 is 2.46 bits per heavy atom. The van der Waals surface area contributed by atoms with Crippen LogP contribution in [0.5, 0.6) is 0 Å². The van der Waals surface area contributed by atoms with Gasteiger partial charge in [-0.3, -0.25) is 0 Å². The highest BCUT2D eigenvalue weighted by Gasteiger charge is 2.22. The van der Waals surface area contributed by atoms with Gasteiger partial charge >= 0.3 is 0 Å². The zero-order valence-corrected chi connectivity index (χ0v) is 22.3. The second-order valence-corrected chi connectivity index (χ2v) is 10.4. The lowest BCUT2D eigenvalue weighted by atomic mass is 9.86. The van der Waals surface area contributed by atoms with Gasteiger partial charge in [-0.25, -0.2) is 9.67 Å². The van der Waals surface area contributed by atoms with Crippen molar-refractivity contribution >= 4 is 22.7 Å². The lowest BCUT2D eigenvalue weighted by Gasteiger charge is -2.29. The first-order valence-electron chi connectivity index (χ1n) is 13.6. The quantitative estimate of drug-likeness (QED) is 0.297. The number of aromatic nitrogens is 4. The zero-order valence-electron chi connectivity index (χ0n) is 22.3. The molecule has 2 N–H and O–H groups in total. The molecule has 1 fully saturated rings. The molecule has 7 heteroatoms. The Balaban J connectivity index is 1.14. The fourth-order valence-corrected chi connectivity index (χ4v) is 5.42. The maximum atomic E-state index is 4.83. The molecule has 1 aliphatic rings. The maximum Gasteiger partial charge on any atom is 0.225 e. The topological polar surface area (TPSA) is 70.9 Å². The molecule has 5 rings (SSSR count). The second-order valence-electron chi connectivity index (χ2n) is 10.4. The largest absolute Gasteiger partial charge is 0.362 e. The number of rotatable bonds is 10. The van der Waals surface area contributed by atoms with E-state index in [1.54, 1.807) is 0 Å². The van der Waals surface area contributed by atoms with Gasteiger partial charge in [0, 0.05) is 43.3 Å². The SMILES string of the molecule is CCCc1c(CNCC2CCC(Nc3nc(N(C)C)c4ccccc4n3)CC2)cnn1-c1ccccc1. The summed E-state index contributed by atoms with van der Waals surface area (Å²) in [6, 6.07) is 19.1. The van der Waals surface area contributed by atoms with Crippen LogP contribution in [0.1, 0.15) is 50.3 Å². The van der Waals surface area contributed by atoms with Crippen LogP contribution in [0.25, 0.3) is 16.6 Å². The molecule has 0 spiro atoms. The lowest BCUT2D eigenvalue weighted by Crippen LogP contribution is -2.31. The molecule has 1 saturated carbocycles. The van der Waals surface area contributed by atoms with Crippen molar-refractivity contribution in [2.75, 3.05) is 30.9 Å². The summed E-state index contributed by atoms with van der Waals surface area (Å²) in [5.41, 5.74) is 4.75. The Morgan fingerprint density at radius 2 is 1.70 bits per heavy atom. The summed E-state index contributed by atoms with van der Waals surface area (Å²) in [5.74, 6) is 2.40. The van der Waals surface area contributed by atoms with Gasteiger partial charge in [-0.05, 0) is 68.8 Å². The molecular weight excluding hydrogens is 458 g/mol. The maximum absolute atomic E-state index is 4.83. The summed E-state index contributed by atoms with van der Waals surface area (Å²) >= 11 is 0. The summed E-state index contributed by atoms with van der Waals surface area (Å²) in [6.07, 6.45) is 8.90. The van der Waals surface area contributed by atoms with Crippen molar-refractivity contribution in [3.8, 4) is 5.69 Å². The van der Waals surface area contributed by atoms with Crippen molar-refractivity contribution in [1.29, 1.82) is 0 Å². The minimum atomic E-state index is 0.424. The molecule has 4 aromatic rings. The highest BCUT2D eigenvalue weighted by atomic mass is 15.3. The first kappa shape index (κ1) is 25.2. The van der Waals surface area contributed by atoms with Gasteiger partial charge in [-0.1, -0.05) is 43.7 Å². The zero-order chi connectivity index (χ0) is 25.6. The number of nitrogens with zero attached hydrogens (tertiary/aromatic N) is 5. The molecule has 0 unspecified atom stereocenters. The number of benzene rings is 2. The van der Waals surface area contributed by atoms with E-state index in [1.807, 2.05) is 32.4 Å². The van der Waals surface area contributed by atoms with Gasteiger partial charge < -0.3 is 15.5 Å². The average molecular weight is 498 g/mol. The van der Waals surface area contributed by atoms with Crippen LogP contribution in [0.3, 0.4) is 0 Å². The standard InChI is InChI=1S/C30H39N7/c1-4-10-28-23(21-32-37(28)25-11-6-5-7-12-25)20-31-19-22-15-17-24(18-16-22)33-30-34-27-14-9-8-13-26(27)29(35-30)36(2)3/h5-9,11-14,21-22,24,31H,4,10,15-20H2,1-3H3,(H,33,34,35). The van der Waals surface area contributed by atoms with Crippen molar-refractivity contribution in [2.45, 2.75) is 58.0 Å². The summed E-state index contributed by atoms with van der Waals surface area (Å²) < 4.78 is 2.11. The third kappa shape index (κ3) is 5.93. The Hall–Kier alpha value is -3.45. The van der Waals surface area contributed by atoms with Crippen LogP contribution in [0.2, 0.25) is 0 Å². The molecular formula is C30H39N7. The number of anilines is 2. The van der Waals surface area contributed by atoms with Gasteiger partial charge in [0.25, 0.3) is 0 Å². The predicted molar refractivity (Wildman–Crippen MR) is 152 cm³/mol. The lowest BCUT2D eigenvalue weighted by molar-refractivity contribution is 0.323. The number of para-hydroxylation sites is 2. The minimum absolute atomic E-state index is 0.424. The van der Waals surface area contributed by atoms with Crippen LogP contribution in [0.15, 0.2) is 60.8 Å². The smallest absolute Gasteiger partial charge is 0.225 e. The molecule has 37 heavy (non-hydrogen) atoms. The molecule has 194 valence electrons. The predicted octanol–water partition coefficient (Wildman–Crippen LogP) is 5.59. The van der Waals surface area contributed by atoms with Gasteiger partial charge in [0.2, 0.25) is 5.95 Å². The van der Waals surface area contributed by atoms with E-state index in [2.05, 4.69) is 69.6 Å². The molecule has 7 nitrogen and oxygen atoms in total. The minimum Gasteiger partial charge on any atom is -0.362 e. The van der Waals surface area contributed by atoms with Crippen LogP contribution in [0.4, 0.5) is 11.8 Å². The molecule has 2 aromatic carbocycles. The summed E-state index contributed by atoms with van der Waals surface area (Å²) in [7, 11) is 4.07. The molecule has 2 aromatic heterocycles. The molecule has 0 aliphatic heterocycles. The molecule has 0 saturated heterocycles. The van der Waals surface area contributed by atoms with E-state index in [9.17, 15) is 0 Å². The fraction of sp³-hybridized carbons (Fsp3) is 0.433. The number of fused-ring (bicyclic) bond motifs is 1. The highest BCUT2D eigenvalue weighted by molar-refractivity contribution is 5.90. The first-order chi connectivity index (χ1) is 18.1.